The third kappa shape index (κ3) is 2.48. The summed E-state index contributed by atoms with van der Waals surface area (Å²) in [5, 5.41) is 4.32. The summed E-state index contributed by atoms with van der Waals surface area (Å²) in [6.07, 6.45) is 3.28. The van der Waals surface area contributed by atoms with Crippen molar-refractivity contribution >= 4 is 21.6 Å². The van der Waals surface area contributed by atoms with Crippen molar-refractivity contribution < 1.29 is 8.42 Å². The van der Waals surface area contributed by atoms with Gasteiger partial charge in [0.05, 0.1) is 6.20 Å². The summed E-state index contributed by atoms with van der Waals surface area (Å²) in [6.45, 7) is 0.525. The molecule has 1 aliphatic carbocycles. The second-order valence-electron chi connectivity index (χ2n) is 4.51. The van der Waals surface area contributed by atoms with E-state index in [4.69, 9.17) is 11.6 Å². The summed E-state index contributed by atoms with van der Waals surface area (Å²) >= 11 is 5.88. The van der Waals surface area contributed by atoms with Gasteiger partial charge in [-0.05, 0) is 24.8 Å². The molecule has 1 fully saturated rings. The van der Waals surface area contributed by atoms with Gasteiger partial charge in [0.25, 0.3) is 10.0 Å². The van der Waals surface area contributed by atoms with Gasteiger partial charge in [-0.1, -0.05) is 0 Å². The summed E-state index contributed by atoms with van der Waals surface area (Å²) < 4.78 is 27.2. The fourth-order valence-electron chi connectivity index (χ4n) is 2.04. The van der Waals surface area contributed by atoms with Crippen LogP contribution in [-0.2, 0) is 17.1 Å². The minimum Gasteiger partial charge on any atom is -0.256 e. The first-order valence-electron chi connectivity index (χ1n) is 5.49. The number of hydrogen-bond donors (Lipinski definition) is 0. The maximum atomic E-state index is 12.2. The molecule has 0 bridgehead atoms. The van der Waals surface area contributed by atoms with Crippen molar-refractivity contribution in [3.05, 3.63) is 12.3 Å². The van der Waals surface area contributed by atoms with Crippen molar-refractivity contribution in [2.45, 2.75) is 23.2 Å². The van der Waals surface area contributed by atoms with Gasteiger partial charge in [-0.25, -0.2) is 8.42 Å². The minimum atomic E-state index is -3.42. The SMILES string of the molecule is CN(CC1CC(Cl)C1)S(=O)(=O)c1ccnn1C. The van der Waals surface area contributed by atoms with Gasteiger partial charge in [-0.15, -0.1) is 11.6 Å². The monoisotopic (exact) mass is 277 g/mol. The molecule has 17 heavy (non-hydrogen) atoms. The van der Waals surface area contributed by atoms with Crippen molar-refractivity contribution in [1.82, 2.24) is 14.1 Å². The zero-order valence-electron chi connectivity index (χ0n) is 9.88. The van der Waals surface area contributed by atoms with E-state index < -0.39 is 10.0 Å². The molecule has 5 nitrogen and oxygen atoms in total. The van der Waals surface area contributed by atoms with E-state index >= 15 is 0 Å². The number of sulfonamides is 1. The first kappa shape index (κ1) is 12.9. The Balaban J connectivity index is 2.08. The first-order valence-corrected chi connectivity index (χ1v) is 7.37. The van der Waals surface area contributed by atoms with Gasteiger partial charge in [0.15, 0.2) is 5.03 Å². The Labute approximate surface area is 106 Å². The lowest BCUT2D eigenvalue weighted by Crippen LogP contribution is -2.38. The van der Waals surface area contributed by atoms with Gasteiger partial charge in [-0.2, -0.15) is 9.40 Å². The molecule has 0 spiro atoms. The molecule has 7 heteroatoms. The van der Waals surface area contributed by atoms with Crippen molar-refractivity contribution in [2.75, 3.05) is 13.6 Å². The maximum Gasteiger partial charge on any atom is 0.259 e. The number of rotatable bonds is 4. The predicted octanol–water partition coefficient (Wildman–Crippen LogP) is 1.06. The number of aromatic nitrogens is 2. The molecule has 0 aromatic carbocycles. The van der Waals surface area contributed by atoms with Gasteiger partial charge in [-0.3, -0.25) is 4.68 Å². The summed E-state index contributed by atoms with van der Waals surface area (Å²) in [5.41, 5.74) is 0. The number of nitrogens with zero attached hydrogens (tertiary/aromatic N) is 3. The molecule has 0 N–H and O–H groups in total. The highest BCUT2D eigenvalue weighted by molar-refractivity contribution is 7.89. The Morgan fingerprint density at radius 1 is 1.59 bits per heavy atom. The number of alkyl halides is 1. The van der Waals surface area contributed by atoms with E-state index in [2.05, 4.69) is 5.10 Å². The quantitative estimate of drug-likeness (QED) is 0.773. The molecule has 0 radical (unpaired) electrons. The summed E-state index contributed by atoms with van der Waals surface area (Å²) in [4.78, 5) is 0. The molecule has 2 rings (SSSR count). The third-order valence-electron chi connectivity index (χ3n) is 3.14. The highest BCUT2D eigenvalue weighted by Crippen LogP contribution is 2.33. The van der Waals surface area contributed by atoms with Gasteiger partial charge < -0.3 is 0 Å². The van der Waals surface area contributed by atoms with Crippen LogP contribution in [0.1, 0.15) is 12.8 Å². The van der Waals surface area contributed by atoms with Crippen LogP contribution in [0.15, 0.2) is 17.3 Å². The number of halogens is 1. The summed E-state index contributed by atoms with van der Waals surface area (Å²) in [6, 6.07) is 1.51. The molecule has 1 aromatic rings. The van der Waals surface area contributed by atoms with Crippen LogP contribution in [0.4, 0.5) is 0 Å². The van der Waals surface area contributed by atoms with Crippen molar-refractivity contribution in [3.63, 3.8) is 0 Å². The second-order valence-corrected chi connectivity index (χ2v) is 7.12. The molecule has 1 aliphatic rings. The fraction of sp³-hybridized carbons (Fsp3) is 0.700. The molecule has 96 valence electrons. The van der Waals surface area contributed by atoms with Gasteiger partial charge >= 0.3 is 0 Å². The van der Waals surface area contributed by atoms with E-state index in [9.17, 15) is 8.42 Å². The van der Waals surface area contributed by atoms with Crippen molar-refractivity contribution in [1.29, 1.82) is 0 Å². The maximum absolute atomic E-state index is 12.2. The average Bonchev–Trinajstić information content (AvgIpc) is 2.62. The predicted molar refractivity (Wildman–Crippen MR) is 65.4 cm³/mol. The first-order chi connectivity index (χ1) is 7.91. The van der Waals surface area contributed by atoms with Crippen molar-refractivity contribution in [3.8, 4) is 0 Å². The van der Waals surface area contributed by atoms with E-state index in [0.29, 0.717) is 12.5 Å². The normalized spacial score (nSPS) is 24.9. The molecule has 0 amide bonds. The van der Waals surface area contributed by atoms with Gasteiger partial charge in [0, 0.05) is 26.0 Å². The van der Waals surface area contributed by atoms with Crippen LogP contribution < -0.4 is 0 Å². The van der Waals surface area contributed by atoms with Crippen LogP contribution in [-0.4, -0.2) is 41.5 Å². The Morgan fingerprint density at radius 2 is 2.24 bits per heavy atom. The van der Waals surface area contributed by atoms with Crippen LogP contribution in [0.3, 0.4) is 0 Å². The largest absolute Gasteiger partial charge is 0.259 e. The lowest BCUT2D eigenvalue weighted by Gasteiger charge is -2.33. The Hall–Kier alpha value is -0.590. The Bertz CT molecular complexity index is 493. The highest BCUT2D eigenvalue weighted by Gasteiger charge is 2.32. The smallest absolute Gasteiger partial charge is 0.256 e. The number of hydrogen-bond acceptors (Lipinski definition) is 3. The fourth-order valence-corrected chi connectivity index (χ4v) is 3.88. The minimum absolute atomic E-state index is 0.216. The lowest BCUT2D eigenvalue weighted by atomic mass is 9.85. The zero-order valence-corrected chi connectivity index (χ0v) is 11.4. The second kappa shape index (κ2) is 4.59. The summed E-state index contributed by atoms with van der Waals surface area (Å²) in [5.74, 6) is 0.380. The van der Waals surface area contributed by atoms with E-state index in [0.717, 1.165) is 12.8 Å². The molecular weight excluding hydrogens is 262 g/mol. The molecule has 1 heterocycles. The van der Waals surface area contributed by atoms with Crippen LogP contribution in [0.2, 0.25) is 0 Å². The van der Waals surface area contributed by atoms with Crippen LogP contribution in [0.25, 0.3) is 0 Å². The van der Waals surface area contributed by atoms with E-state index in [1.54, 1.807) is 14.1 Å². The molecular formula is C10H16ClN3O2S. The van der Waals surface area contributed by atoms with E-state index in [-0.39, 0.29) is 10.4 Å². The third-order valence-corrected chi connectivity index (χ3v) is 5.40. The Morgan fingerprint density at radius 3 is 2.71 bits per heavy atom. The lowest BCUT2D eigenvalue weighted by molar-refractivity contribution is 0.268. The van der Waals surface area contributed by atoms with E-state index in [1.807, 2.05) is 0 Å². The molecule has 1 saturated carbocycles. The standard InChI is InChI=1S/C10H16ClN3O2S/c1-13(7-8-5-9(11)6-8)17(15,16)10-3-4-12-14(10)2/h3-4,8-9H,5-7H2,1-2H3. The summed E-state index contributed by atoms with van der Waals surface area (Å²) in [7, 11) is -0.199. The van der Waals surface area contributed by atoms with Crippen LogP contribution >= 0.6 is 11.6 Å². The van der Waals surface area contributed by atoms with Crippen LogP contribution in [0.5, 0.6) is 0 Å². The van der Waals surface area contributed by atoms with Crippen molar-refractivity contribution in [2.24, 2.45) is 13.0 Å². The zero-order chi connectivity index (χ0) is 12.6. The molecule has 0 aliphatic heterocycles. The Kier molecular flexibility index (Phi) is 3.47. The number of aryl methyl sites for hydroxylation is 1. The molecule has 0 saturated heterocycles. The topological polar surface area (TPSA) is 55.2 Å². The highest BCUT2D eigenvalue weighted by atomic mass is 35.5. The van der Waals surface area contributed by atoms with Crippen LogP contribution in [0, 0.1) is 5.92 Å². The molecule has 0 atom stereocenters. The van der Waals surface area contributed by atoms with Gasteiger partial charge in [0.2, 0.25) is 0 Å². The van der Waals surface area contributed by atoms with Gasteiger partial charge in [0.1, 0.15) is 0 Å². The van der Waals surface area contributed by atoms with E-state index in [1.165, 1.54) is 21.3 Å². The molecule has 0 unspecified atom stereocenters. The average molecular weight is 278 g/mol. The molecule has 1 aromatic heterocycles.